The molecule has 3 rings (SSSR count). The molecule has 24 heavy (non-hydrogen) atoms. The molecule has 2 aromatic heterocycles. The van der Waals surface area contributed by atoms with Gasteiger partial charge in [0, 0.05) is 18.0 Å². The molecule has 1 aromatic carbocycles. The van der Waals surface area contributed by atoms with Crippen LogP contribution in [0.15, 0.2) is 57.9 Å². The van der Waals surface area contributed by atoms with E-state index in [2.05, 4.69) is 47.3 Å². The molecule has 0 aliphatic heterocycles. The molecular weight excluding hydrogens is 443 g/mol. The van der Waals surface area contributed by atoms with Crippen molar-refractivity contribution in [2.45, 2.75) is 6.54 Å². The third-order valence-corrected chi connectivity index (χ3v) is 4.46. The average Bonchev–Trinajstić information content (AvgIpc) is 2.89. The molecule has 8 heteroatoms. The van der Waals surface area contributed by atoms with Gasteiger partial charge in [-0.05, 0) is 50.1 Å². The Morgan fingerprint density at radius 2 is 2.00 bits per heavy atom. The predicted molar refractivity (Wildman–Crippen MR) is 95.3 cm³/mol. The first-order chi connectivity index (χ1) is 11.5. The van der Waals surface area contributed by atoms with Crippen LogP contribution in [0, 0.1) is 5.82 Å². The van der Waals surface area contributed by atoms with E-state index < -0.39 is 0 Å². The second-order valence-electron chi connectivity index (χ2n) is 4.91. The molecule has 0 atom stereocenters. The lowest BCUT2D eigenvalue weighted by molar-refractivity contribution is 0.102. The number of anilines is 1. The smallest absolute Gasteiger partial charge is 0.259 e. The fourth-order valence-electron chi connectivity index (χ4n) is 2.09. The van der Waals surface area contributed by atoms with Gasteiger partial charge in [-0.2, -0.15) is 5.10 Å². The fourth-order valence-corrected chi connectivity index (χ4v) is 2.94. The third kappa shape index (κ3) is 3.70. The number of halogens is 3. The Hall–Kier alpha value is -2.06. The van der Waals surface area contributed by atoms with E-state index in [-0.39, 0.29) is 18.3 Å². The lowest BCUT2D eigenvalue weighted by atomic mass is 10.2. The van der Waals surface area contributed by atoms with Gasteiger partial charge in [0.25, 0.3) is 5.91 Å². The number of amides is 1. The Kier molecular flexibility index (Phi) is 5.06. The van der Waals surface area contributed by atoms with Gasteiger partial charge in [0.2, 0.25) is 0 Å². The lowest BCUT2D eigenvalue weighted by Crippen LogP contribution is -2.14. The lowest BCUT2D eigenvalue weighted by Gasteiger charge is -2.05. The van der Waals surface area contributed by atoms with Crippen molar-refractivity contribution in [2.75, 3.05) is 5.32 Å². The first-order valence-corrected chi connectivity index (χ1v) is 8.51. The number of hydrogen-bond acceptors (Lipinski definition) is 3. The molecule has 0 aliphatic rings. The third-order valence-electron chi connectivity index (χ3n) is 3.24. The summed E-state index contributed by atoms with van der Waals surface area (Å²) in [7, 11) is 0. The van der Waals surface area contributed by atoms with Crippen LogP contribution in [0.1, 0.15) is 15.9 Å². The largest absolute Gasteiger partial charge is 0.304 e. The molecule has 0 radical (unpaired) electrons. The highest BCUT2D eigenvalue weighted by Gasteiger charge is 2.15. The number of pyridine rings is 1. The van der Waals surface area contributed by atoms with E-state index in [0.717, 1.165) is 0 Å². The van der Waals surface area contributed by atoms with Crippen LogP contribution < -0.4 is 5.32 Å². The number of benzene rings is 1. The van der Waals surface area contributed by atoms with Crippen molar-refractivity contribution < 1.29 is 9.18 Å². The van der Waals surface area contributed by atoms with E-state index in [9.17, 15) is 9.18 Å². The standard InChI is InChI=1S/C16H11Br2FN4O/c17-12-9-23(8-10-4-1-2-6-13(10)19)22-15(12)21-16(24)11-5-3-7-20-14(11)18/h1-7,9H,8H2,(H,21,22,24). The number of hydrogen-bond donors (Lipinski definition) is 1. The first-order valence-electron chi connectivity index (χ1n) is 6.93. The van der Waals surface area contributed by atoms with Crippen molar-refractivity contribution in [2.24, 2.45) is 0 Å². The Morgan fingerprint density at radius 3 is 2.75 bits per heavy atom. The SMILES string of the molecule is O=C(Nc1nn(Cc2ccccc2F)cc1Br)c1cccnc1Br. The topological polar surface area (TPSA) is 59.8 Å². The zero-order valence-electron chi connectivity index (χ0n) is 12.2. The maximum absolute atomic E-state index is 13.7. The van der Waals surface area contributed by atoms with Crippen LogP contribution in [-0.2, 0) is 6.54 Å². The average molecular weight is 454 g/mol. The number of carbonyl (C=O) groups excluding carboxylic acids is 1. The summed E-state index contributed by atoms with van der Waals surface area (Å²) in [4.78, 5) is 16.3. The van der Waals surface area contributed by atoms with Crippen molar-refractivity contribution in [3.05, 3.63) is 74.8 Å². The normalized spacial score (nSPS) is 10.6. The summed E-state index contributed by atoms with van der Waals surface area (Å²) in [5.74, 6) is -0.284. The highest BCUT2D eigenvalue weighted by atomic mass is 79.9. The van der Waals surface area contributed by atoms with Crippen LogP contribution in [0.5, 0.6) is 0 Å². The minimum atomic E-state index is -0.341. The summed E-state index contributed by atoms with van der Waals surface area (Å²) in [6.07, 6.45) is 3.26. The van der Waals surface area contributed by atoms with Gasteiger partial charge in [0.1, 0.15) is 10.4 Å². The van der Waals surface area contributed by atoms with Crippen LogP contribution in [0.2, 0.25) is 0 Å². The van der Waals surface area contributed by atoms with Crippen molar-refractivity contribution in [1.29, 1.82) is 0 Å². The fraction of sp³-hybridized carbons (Fsp3) is 0.0625. The number of aromatic nitrogens is 3. The number of nitrogens with zero attached hydrogens (tertiary/aromatic N) is 3. The summed E-state index contributed by atoms with van der Waals surface area (Å²) < 4.78 is 16.3. The van der Waals surface area contributed by atoms with Gasteiger partial charge in [0.15, 0.2) is 5.82 Å². The number of nitrogens with one attached hydrogen (secondary N) is 1. The van der Waals surface area contributed by atoms with Gasteiger partial charge in [-0.1, -0.05) is 18.2 Å². The van der Waals surface area contributed by atoms with Gasteiger partial charge < -0.3 is 5.32 Å². The number of carbonyl (C=O) groups is 1. The molecule has 0 saturated carbocycles. The van der Waals surface area contributed by atoms with Gasteiger partial charge in [-0.15, -0.1) is 0 Å². The molecule has 1 amide bonds. The predicted octanol–water partition coefficient (Wildman–Crippen LogP) is 4.24. The Balaban J connectivity index is 1.78. The Labute approximate surface area is 154 Å². The summed E-state index contributed by atoms with van der Waals surface area (Å²) in [5.41, 5.74) is 0.911. The van der Waals surface area contributed by atoms with Gasteiger partial charge >= 0.3 is 0 Å². The number of rotatable bonds is 4. The van der Waals surface area contributed by atoms with Gasteiger partial charge in [-0.25, -0.2) is 9.37 Å². The van der Waals surface area contributed by atoms with E-state index in [1.165, 1.54) is 6.07 Å². The highest BCUT2D eigenvalue weighted by Crippen LogP contribution is 2.23. The molecule has 1 N–H and O–H groups in total. The van der Waals surface area contributed by atoms with E-state index >= 15 is 0 Å². The molecule has 0 aliphatic carbocycles. The van der Waals surface area contributed by atoms with E-state index in [1.54, 1.807) is 47.4 Å². The second kappa shape index (κ2) is 7.23. The van der Waals surface area contributed by atoms with Crippen LogP contribution in [-0.4, -0.2) is 20.7 Å². The molecule has 5 nitrogen and oxygen atoms in total. The monoisotopic (exact) mass is 452 g/mol. The molecule has 0 unspecified atom stereocenters. The van der Waals surface area contributed by atoms with Crippen molar-refractivity contribution >= 4 is 43.6 Å². The van der Waals surface area contributed by atoms with E-state index in [4.69, 9.17) is 0 Å². The van der Waals surface area contributed by atoms with Crippen LogP contribution in [0.4, 0.5) is 10.2 Å². The zero-order valence-corrected chi connectivity index (χ0v) is 15.4. The van der Waals surface area contributed by atoms with Crippen LogP contribution in [0.25, 0.3) is 0 Å². The summed E-state index contributed by atoms with van der Waals surface area (Å²) in [6, 6.07) is 9.81. The Bertz CT molecular complexity index is 897. The van der Waals surface area contributed by atoms with E-state index in [0.29, 0.717) is 26.0 Å². The minimum absolute atomic E-state index is 0.262. The van der Waals surface area contributed by atoms with Crippen molar-refractivity contribution in [1.82, 2.24) is 14.8 Å². The zero-order chi connectivity index (χ0) is 17.1. The molecule has 0 bridgehead atoms. The molecular formula is C16H11Br2FN4O. The molecule has 2 heterocycles. The molecule has 0 saturated heterocycles. The summed E-state index contributed by atoms with van der Waals surface area (Å²) >= 11 is 6.58. The first kappa shape index (κ1) is 16.8. The van der Waals surface area contributed by atoms with Crippen LogP contribution in [0.3, 0.4) is 0 Å². The molecule has 0 fully saturated rings. The quantitative estimate of drug-likeness (QED) is 0.601. The van der Waals surface area contributed by atoms with Gasteiger partial charge in [-0.3, -0.25) is 9.48 Å². The maximum Gasteiger partial charge on any atom is 0.259 e. The van der Waals surface area contributed by atoms with Gasteiger partial charge in [0.05, 0.1) is 16.6 Å². The maximum atomic E-state index is 13.7. The highest BCUT2D eigenvalue weighted by molar-refractivity contribution is 9.10. The van der Waals surface area contributed by atoms with E-state index in [1.807, 2.05) is 0 Å². The summed E-state index contributed by atoms with van der Waals surface area (Å²) in [6.45, 7) is 0.262. The molecule has 0 spiro atoms. The summed E-state index contributed by atoms with van der Waals surface area (Å²) in [5, 5.41) is 6.98. The van der Waals surface area contributed by atoms with Crippen molar-refractivity contribution in [3.63, 3.8) is 0 Å². The minimum Gasteiger partial charge on any atom is -0.304 e. The van der Waals surface area contributed by atoms with Crippen LogP contribution >= 0.6 is 31.9 Å². The Morgan fingerprint density at radius 1 is 1.21 bits per heavy atom. The molecule has 122 valence electrons. The molecule has 3 aromatic rings. The second-order valence-corrected chi connectivity index (χ2v) is 6.52. The van der Waals surface area contributed by atoms with Crippen molar-refractivity contribution in [3.8, 4) is 0 Å².